The van der Waals surface area contributed by atoms with Gasteiger partial charge >= 0.3 is 0 Å². The monoisotopic (exact) mass is 200 g/mol. The van der Waals surface area contributed by atoms with E-state index >= 15 is 0 Å². The van der Waals surface area contributed by atoms with Crippen molar-refractivity contribution >= 4 is 27.8 Å². The number of furan rings is 1. The third-order valence-electron chi connectivity index (χ3n) is 2.49. The number of primary amides is 1. The summed E-state index contributed by atoms with van der Waals surface area (Å²) >= 11 is 0. The first-order valence-corrected chi connectivity index (χ1v) is 4.54. The molecule has 0 atom stereocenters. The van der Waals surface area contributed by atoms with Gasteiger partial charge in [-0.25, -0.2) is 0 Å². The number of hydrogen-bond acceptors (Lipinski definition) is 2. The van der Waals surface area contributed by atoms with E-state index in [0.29, 0.717) is 5.69 Å². The molecule has 1 aromatic carbocycles. The molecule has 0 saturated heterocycles. The number of H-pyrrole nitrogens is 1. The van der Waals surface area contributed by atoms with Crippen LogP contribution in [0.15, 0.2) is 34.9 Å². The Hall–Kier alpha value is -2.23. The Morgan fingerprint density at radius 2 is 2.20 bits per heavy atom. The minimum absolute atomic E-state index is 0.415. The molecule has 0 spiro atoms. The number of nitrogens with two attached hydrogens (primary N) is 1. The van der Waals surface area contributed by atoms with Crippen LogP contribution < -0.4 is 5.73 Å². The van der Waals surface area contributed by atoms with Crippen LogP contribution in [0.5, 0.6) is 0 Å². The molecule has 3 aromatic rings. The molecule has 0 unspecified atom stereocenters. The van der Waals surface area contributed by atoms with E-state index in [-0.39, 0.29) is 0 Å². The first-order valence-electron chi connectivity index (χ1n) is 4.54. The Balaban J connectivity index is 2.46. The molecule has 4 heteroatoms. The molecule has 3 N–H and O–H groups in total. The van der Waals surface area contributed by atoms with Crippen molar-refractivity contribution in [3.63, 3.8) is 0 Å². The lowest BCUT2D eigenvalue weighted by atomic mass is 10.2. The summed E-state index contributed by atoms with van der Waals surface area (Å²) in [6, 6.07) is 7.36. The van der Waals surface area contributed by atoms with E-state index in [9.17, 15) is 4.79 Å². The first kappa shape index (κ1) is 8.11. The van der Waals surface area contributed by atoms with Crippen LogP contribution in [0.3, 0.4) is 0 Å². The van der Waals surface area contributed by atoms with E-state index in [1.807, 2.05) is 18.2 Å². The van der Waals surface area contributed by atoms with Gasteiger partial charge in [0.05, 0.1) is 11.8 Å². The third kappa shape index (κ3) is 1.05. The van der Waals surface area contributed by atoms with Gasteiger partial charge in [0, 0.05) is 10.8 Å². The predicted octanol–water partition coefficient (Wildman–Crippen LogP) is 2.01. The van der Waals surface area contributed by atoms with Crippen LogP contribution >= 0.6 is 0 Å². The SMILES string of the molecule is NC(=O)c1cc2ccc3occc3c2[nH]1. The van der Waals surface area contributed by atoms with Gasteiger partial charge in [-0.15, -0.1) is 0 Å². The fourth-order valence-corrected chi connectivity index (χ4v) is 1.78. The highest BCUT2D eigenvalue weighted by Gasteiger charge is 2.09. The summed E-state index contributed by atoms with van der Waals surface area (Å²) in [6.45, 7) is 0. The predicted molar refractivity (Wildman–Crippen MR) is 56.6 cm³/mol. The van der Waals surface area contributed by atoms with Gasteiger partial charge in [-0.3, -0.25) is 4.79 Å². The molecule has 0 fully saturated rings. The summed E-state index contributed by atoms with van der Waals surface area (Å²) in [6.07, 6.45) is 1.62. The van der Waals surface area contributed by atoms with Gasteiger partial charge in [0.15, 0.2) is 0 Å². The molecule has 0 aliphatic rings. The van der Waals surface area contributed by atoms with Crippen molar-refractivity contribution in [2.75, 3.05) is 0 Å². The normalized spacial score (nSPS) is 11.2. The average molecular weight is 200 g/mol. The smallest absolute Gasteiger partial charge is 0.265 e. The number of carbonyl (C=O) groups is 1. The van der Waals surface area contributed by atoms with Crippen molar-refractivity contribution in [1.29, 1.82) is 0 Å². The quantitative estimate of drug-likeness (QED) is 0.630. The number of hydrogen-bond donors (Lipinski definition) is 2. The molecule has 15 heavy (non-hydrogen) atoms. The number of nitrogens with one attached hydrogen (secondary N) is 1. The van der Waals surface area contributed by atoms with Crippen molar-refractivity contribution in [2.45, 2.75) is 0 Å². The maximum Gasteiger partial charge on any atom is 0.265 e. The molecule has 74 valence electrons. The lowest BCUT2D eigenvalue weighted by Crippen LogP contribution is -2.10. The van der Waals surface area contributed by atoms with Gasteiger partial charge < -0.3 is 15.1 Å². The topological polar surface area (TPSA) is 72.0 Å². The van der Waals surface area contributed by atoms with Gasteiger partial charge in [0.1, 0.15) is 11.3 Å². The molecule has 3 rings (SSSR count). The third-order valence-corrected chi connectivity index (χ3v) is 2.49. The average Bonchev–Trinajstić information content (AvgIpc) is 2.82. The second-order valence-electron chi connectivity index (χ2n) is 3.41. The fourth-order valence-electron chi connectivity index (χ4n) is 1.78. The van der Waals surface area contributed by atoms with Crippen molar-refractivity contribution in [2.24, 2.45) is 5.73 Å². The first-order chi connectivity index (χ1) is 7.25. The van der Waals surface area contributed by atoms with Gasteiger partial charge in [-0.05, 0) is 24.3 Å². The summed E-state index contributed by atoms with van der Waals surface area (Å²) in [5, 5.41) is 1.91. The molecular weight excluding hydrogens is 192 g/mol. The van der Waals surface area contributed by atoms with E-state index in [2.05, 4.69) is 4.98 Å². The van der Waals surface area contributed by atoms with Gasteiger partial charge in [0.25, 0.3) is 5.91 Å². The molecule has 4 nitrogen and oxygen atoms in total. The largest absolute Gasteiger partial charge is 0.464 e. The zero-order valence-corrected chi connectivity index (χ0v) is 7.78. The highest BCUT2D eigenvalue weighted by molar-refractivity contribution is 6.07. The molecule has 1 amide bonds. The molecule has 0 aliphatic heterocycles. The van der Waals surface area contributed by atoms with Crippen LogP contribution in [0.4, 0.5) is 0 Å². The van der Waals surface area contributed by atoms with E-state index in [1.54, 1.807) is 12.3 Å². The van der Waals surface area contributed by atoms with Crippen molar-refractivity contribution in [1.82, 2.24) is 4.98 Å². The number of amides is 1. The van der Waals surface area contributed by atoms with Crippen molar-refractivity contribution in [3.05, 3.63) is 36.2 Å². The fraction of sp³-hybridized carbons (Fsp3) is 0. The number of rotatable bonds is 1. The van der Waals surface area contributed by atoms with Gasteiger partial charge in [0.2, 0.25) is 0 Å². The second kappa shape index (κ2) is 2.63. The van der Waals surface area contributed by atoms with Crippen LogP contribution in [-0.4, -0.2) is 10.9 Å². The van der Waals surface area contributed by atoms with Crippen LogP contribution in [0.1, 0.15) is 10.5 Å². The van der Waals surface area contributed by atoms with E-state index in [4.69, 9.17) is 10.2 Å². The second-order valence-corrected chi connectivity index (χ2v) is 3.41. The number of benzene rings is 1. The van der Waals surface area contributed by atoms with Gasteiger partial charge in [-0.1, -0.05) is 0 Å². The standard InChI is InChI=1S/C11H8N2O2/c12-11(14)8-5-6-1-2-9-7(3-4-15-9)10(6)13-8/h1-5,13H,(H2,12,14). The maximum atomic E-state index is 11.0. The van der Waals surface area contributed by atoms with E-state index < -0.39 is 5.91 Å². The van der Waals surface area contributed by atoms with Crippen LogP contribution in [0, 0.1) is 0 Å². The summed E-state index contributed by atoms with van der Waals surface area (Å²) < 4.78 is 5.26. The van der Waals surface area contributed by atoms with Crippen LogP contribution in [0.2, 0.25) is 0 Å². The Bertz CT molecular complexity index is 663. The van der Waals surface area contributed by atoms with E-state index in [1.165, 1.54) is 0 Å². The molecule has 0 bridgehead atoms. The molecule has 0 aliphatic carbocycles. The summed E-state index contributed by atoms with van der Waals surface area (Å²) in [5.41, 5.74) is 7.30. The molecule has 0 radical (unpaired) electrons. The molecule has 2 heterocycles. The summed E-state index contributed by atoms with van der Waals surface area (Å²) in [5.74, 6) is -0.456. The van der Waals surface area contributed by atoms with Crippen LogP contribution in [-0.2, 0) is 0 Å². The molecule has 0 saturated carbocycles. The Morgan fingerprint density at radius 3 is 3.00 bits per heavy atom. The van der Waals surface area contributed by atoms with E-state index in [0.717, 1.165) is 21.9 Å². The lowest BCUT2D eigenvalue weighted by Gasteiger charge is -1.90. The minimum atomic E-state index is -0.456. The number of aromatic amines is 1. The maximum absolute atomic E-state index is 11.0. The Kier molecular flexibility index (Phi) is 1.42. The summed E-state index contributed by atoms with van der Waals surface area (Å²) in [4.78, 5) is 14.0. The number of aromatic nitrogens is 1. The number of fused-ring (bicyclic) bond motifs is 3. The highest BCUT2D eigenvalue weighted by atomic mass is 16.3. The Morgan fingerprint density at radius 1 is 1.33 bits per heavy atom. The van der Waals surface area contributed by atoms with Gasteiger partial charge in [-0.2, -0.15) is 0 Å². The minimum Gasteiger partial charge on any atom is -0.464 e. The van der Waals surface area contributed by atoms with Crippen molar-refractivity contribution < 1.29 is 9.21 Å². The lowest BCUT2D eigenvalue weighted by molar-refractivity contribution is 0.0996. The molecule has 2 aromatic heterocycles. The zero-order chi connectivity index (χ0) is 10.4. The molecular formula is C11H8N2O2. The highest BCUT2D eigenvalue weighted by Crippen LogP contribution is 2.26. The number of carbonyl (C=O) groups excluding carboxylic acids is 1. The Labute approximate surface area is 84.7 Å². The summed E-state index contributed by atoms with van der Waals surface area (Å²) in [7, 11) is 0. The van der Waals surface area contributed by atoms with Crippen LogP contribution in [0.25, 0.3) is 21.9 Å². The van der Waals surface area contributed by atoms with Crippen molar-refractivity contribution in [3.8, 4) is 0 Å². The zero-order valence-electron chi connectivity index (χ0n) is 7.78.